The fraction of sp³-hybridized carbons (Fsp3) is 0. The van der Waals surface area contributed by atoms with Crippen LogP contribution in [0.25, 0.3) is 101 Å². The van der Waals surface area contributed by atoms with E-state index in [0.29, 0.717) is 17.5 Å². The molecule has 1 heterocycles. The van der Waals surface area contributed by atoms with Crippen LogP contribution in [0.15, 0.2) is 237 Å². The van der Waals surface area contributed by atoms with Crippen molar-refractivity contribution >= 4 is 0 Å². The molecular formula is C57H39N3. The molecule has 0 aliphatic carbocycles. The third kappa shape index (κ3) is 7.21. The summed E-state index contributed by atoms with van der Waals surface area (Å²) in [5.41, 5.74) is 16.7. The fourth-order valence-electron chi connectivity index (χ4n) is 8.15. The zero-order chi connectivity index (χ0) is 40.1. The molecule has 0 aliphatic rings. The molecule has 0 aliphatic heterocycles. The predicted octanol–water partition coefficient (Wildman–Crippen LogP) is 14.9. The van der Waals surface area contributed by atoms with E-state index in [-0.39, 0.29) is 0 Å². The van der Waals surface area contributed by atoms with E-state index < -0.39 is 0 Å². The van der Waals surface area contributed by atoms with Gasteiger partial charge in [0.05, 0.1) is 0 Å². The Morgan fingerprint density at radius 3 is 0.883 bits per heavy atom. The van der Waals surface area contributed by atoms with Crippen molar-refractivity contribution in [3.8, 4) is 101 Å². The highest BCUT2D eigenvalue weighted by molar-refractivity contribution is 6.07. The first kappa shape index (κ1) is 36.3. The first-order chi connectivity index (χ1) is 29.8. The van der Waals surface area contributed by atoms with Crippen LogP contribution in [0.1, 0.15) is 0 Å². The maximum Gasteiger partial charge on any atom is 0.164 e. The summed E-state index contributed by atoms with van der Waals surface area (Å²) in [5.74, 6) is 1.91. The smallest absolute Gasteiger partial charge is 0.164 e. The molecular weight excluding hydrogens is 727 g/mol. The molecule has 0 atom stereocenters. The number of benzene rings is 9. The lowest BCUT2D eigenvalue weighted by atomic mass is 9.79. The molecule has 0 saturated heterocycles. The van der Waals surface area contributed by atoms with Crippen molar-refractivity contribution in [3.05, 3.63) is 237 Å². The number of rotatable bonds is 9. The highest BCUT2D eigenvalue weighted by Gasteiger charge is 2.24. The van der Waals surface area contributed by atoms with Crippen LogP contribution in [-0.4, -0.2) is 15.0 Å². The number of hydrogen-bond donors (Lipinski definition) is 0. The minimum Gasteiger partial charge on any atom is -0.208 e. The Balaban J connectivity index is 1.17. The summed E-state index contributed by atoms with van der Waals surface area (Å²) >= 11 is 0. The van der Waals surface area contributed by atoms with Gasteiger partial charge in [0, 0.05) is 16.7 Å². The number of hydrogen-bond acceptors (Lipinski definition) is 3. The number of nitrogens with zero attached hydrogens (tertiary/aromatic N) is 3. The molecule has 3 heteroatoms. The summed E-state index contributed by atoms with van der Waals surface area (Å²) in [4.78, 5) is 15.1. The van der Waals surface area contributed by atoms with Crippen molar-refractivity contribution < 1.29 is 0 Å². The molecule has 0 bridgehead atoms. The van der Waals surface area contributed by atoms with Gasteiger partial charge in [0.15, 0.2) is 17.5 Å². The zero-order valence-corrected chi connectivity index (χ0v) is 32.9. The van der Waals surface area contributed by atoms with Gasteiger partial charge in [-0.15, -0.1) is 0 Å². The Labute approximate surface area is 351 Å². The van der Waals surface area contributed by atoms with Crippen LogP contribution in [0.5, 0.6) is 0 Å². The van der Waals surface area contributed by atoms with Crippen LogP contribution in [0, 0.1) is 0 Å². The van der Waals surface area contributed by atoms with E-state index in [1.54, 1.807) is 0 Å². The van der Waals surface area contributed by atoms with E-state index in [1.165, 1.54) is 38.9 Å². The van der Waals surface area contributed by atoms with Gasteiger partial charge in [0.2, 0.25) is 0 Å². The van der Waals surface area contributed by atoms with E-state index in [2.05, 4.69) is 176 Å². The van der Waals surface area contributed by atoms with Crippen molar-refractivity contribution in [3.63, 3.8) is 0 Å². The molecule has 0 radical (unpaired) electrons. The topological polar surface area (TPSA) is 38.7 Å². The van der Waals surface area contributed by atoms with Crippen LogP contribution < -0.4 is 0 Å². The Morgan fingerprint density at radius 2 is 0.467 bits per heavy atom. The Kier molecular flexibility index (Phi) is 9.97. The van der Waals surface area contributed by atoms with Crippen molar-refractivity contribution in [2.45, 2.75) is 0 Å². The third-order valence-corrected chi connectivity index (χ3v) is 11.0. The largest absolute Gasteiger partial charge is 0.208 e. The first-order valence-electron chi connectivity index (χ1n) is 20.3. The second-order valence-electron chi connectivity index (χ2n) is 14.7. The molecule has 0 spiro atoms. The van der Waals surface area contributed by atoms with Crippen LogP contribution in [0.2, 0.25) is 0 Å². The number of aromatic nitrogens is 3. The van der Waals surface area contributed by atoms with E-state index in [9.17, 15) is 0 Å². The predicted molar refractivity (Wildman–Crippen MR) is 249 cm³/mol. The molecule has 0 saturated carbocycles. The van der Waals surface area contributed by atoms with Gasteiger partial charge in [-0.3, -0.25) is 0 Å². The van der Waals surface area contributed by atoms with Gasteiger partial charge < -0.3 is 0 Å². The molecule has 0 fully saturated rings. The van der Waals surface area contributed by atoms with Gasteiger partial charge >= 0.3 is 0 Å². The maximum atomic E-state index is 5.08. The quantitative estimate of drug-likeness (QED) is 0.147. The van der Waals surface area contributed by atoms with Gasteiger partial charge in [0.1, 0.15) is 0 Å². The maximum absolute atomic E-state index is 5.08. The first-order valence-corrected chi connectivity index (χ1v) is 20.3. The standard InChI is InChI=1S/C57H39N3/c1-7-21-40(22-8-1)50-39-51(53(44-25-11-3-12-26-44)54(45-27-13-4-14-28-45)52(50)43-23-9-2-10-24-43)42-37-35-41(36-38-42)48-33-19-20-34-49(48)57-59-55(46-29-15-5-16-30-46)58-56(60-57)47-31-17-6-18-32-47/h1-39H. The third-order valence-electron chi connectivity index (χ3n) is 11.0. The van der Waals surface area contributed by atoms with E-state index in [1.807, 2.05) is 60.7 Å². The molecule has 60 heavy (non-hydrogen) atoms. The van der Waals surface area contributed by atoms with Crippen LogP contribution in [0.4, 0.5) is 0 Å². The van der Waals surface area contributed by atoms with Crippen molar-refractivity contribution in [2.24, 2.45) is 0 Å². The fourth-order valence-corrected chi connectivity index (χ4v) is 8.15. The minimum atomic E-state index is 0.630. The van der Waals surface area contributed by atoms with Crippen molar-refractivity contribution in [1.29, 1.82) is 0 Å². The average molecular weight is 766 g/mol. The summed E-state index contributed by atoms with van der Waals surface area (Å²) in [5, 5.41) is 0. The lowest BCUT2D eigenvalue weighted by Gasteiger charge is -2.24. The molecule has 0 amide bonds. The Bertz CT molecular complexity index is 2970. The molecule has 10 aromatic rings. The molecule has 9 aromatic carbocycles. The lowest BCUT2D eigenvalue weighted by Crippen LogP contribution is -2.01. The molecule has 0 N–H and O–H groups in total. The van der Waals surface area contributed by atoms with Crippen LogP contribution in [0.3, 0.4) is 0 Å². The Hall–Kier alpha value is -8.01. The highest BCUT2D eigenvalue weighted by atomic mass is 15.0. The lowest BCUT2D eigenvalue weighted by molar-refractivity contribution is 1.07. The SMILES string of the molecule is c1ccc(-c2nc(-c3ccccc3)nc(-c3ccccc3-c3ccc(-c4cc(-c5ccccc5)c(-c5ccccc5)c(-c5ccccc5)c4-c4ccccc4)cc3)n2)cc1. The van der Waals surface area contributed by atoms with Gasteiger partial charge in [-0.1, -0.05) is 231 Å². The molecule has 1 aromatic heterocycles. The summed E-state index contributed by atoms with van der Waals surface area (Å²) < 4.78 is 0. The monoisotopic (exact) mass is 765 g/mol. The second kappa shape index (κ2) is 16.5. The summed E-state index contributed by atoms with van der Waals surface area (Å²) in [6.07, 6.45) is 0. The van der Waals surface area contributed by atoms with E-state index in [0.717, 1.165) is 44.5 Å². The van der Waals surface area contributed by atoms with Gasteiger partial charge in [-0.05, 0) is 72.8 Å². The van der Waals surface area contributed by atoms with E-state index >= 15 is 0 Å². The van der Waals surface area contributed by atoms with Gasteiger partial charge in [-0.25, -0.2) is 15.0 Å². The van der Waals surface area contributed by atoms with Crippen molar-refractivity contribution in [2.75, 3.05) is 0 Å². The molecule has 10 rings (SSSR count). The molecule has 3 nitrogen and oxygen atoms in total. The average Bonchev–Trinajstić information content (AvgIpc) is 3.35. The van der Waals surface area contributed by atoms with Crippen molar-refractivity contribution in [1.82, 2.24) is 15.0 Å². The van der Waals surface area contributed by atoms with Gasteiger partial charge in [0.25, 0.3) is 0 Å². The van der Waals surface area contributed by atoms with Crippen LogP contribution >= 0.6 is 0 Å². The van der Waals surface area contributed by atoms with Gasteiger partial charge in [-0.2, -0.15) is 0 Å². The summed E-state index contributed by atoms with van der Waals surface area (Å²) in [6.45, 7) is 0. The van der Waals surface area contributed by atoms with E-state index in [4.69, 9.17) is 15.0 Å². The highest BCUT2D eigenvalue weighted by Crippen LogP contribution is 2.50. The summed E-state index contributed by atoms with van der Waals surface area (Å²) in [7, 11) is 0. The second-order valence-corrected chi connectivity index (χ2v) is 14.7. The van der Waals surface area contributed by atoms with Crippen LogP contribution in [-0.2, 0) is 0 Å². The normalized spacial score (nSPS) is 11.0. The molecule has 282 valence electrons. The zero-order valence-electron chi connectivity index (χ0n) is 32.9. The Morgan fingerprint density at radius 1 is 0.183 bits per heavy atom. The minimum absolute atomic E-state index is 0.630. The summed E-state index contributed by atoms with van der Waals surface area (Å²) in [6, 6.07) is 83.3. The molecule has 0 unspecified atom stereocenters.